The van der Waals surface area contributed by atoms with E-state index < -0.39 is 11.6 Å². The fraction of sp³-hybridized carbons (Fsp3) is 0.462. The fourth-order valence-electron chi connectivity index (χ4n) is 2.00. The minimum Gasteiger partial charge on any atom is -0.351 e. The van der Waals surface area contributed by atoms with Gasteiger partial charge in [-0.1, -0.05) is 0 Å². The maximum absolute atomic E-state index is 13.3. The molecule has 19 heavy (non-hydrogen) atoms. The maximum atomic E-state index is 13.3. The summed E-state index contributed by atoms with van der Waals surface area (Å²) in [6.07, 6.45) is 0. The number of nitrogens with zero attached hydrogens (tertiary/aromatic N) is 1. The standard InChI is InChI=1S/C13H17F2N3O/c14-11-1-2-12(15)10(7-11)8-17-13(19)9-18-5-3-16-4-6-18/h1-2,7,16H,3-6,8-9H2,(H,17,19). The summed E-state index contributed by atoms with van der Waals surface area (Å²) < 4.78 is 26.3. The number of carbonyl (C=O) groups is 1. The highest BCUT2D eigenvalue weighted by molar-refractivity contribution is 5.78. The molecule has 1 fully saturated rings. The van der Waals surface area contributed by atoms with Crippen LogP contribution in [0.15, 0.2) is 18.2 Å². The third-order valence-corrected chi connectivity index (χ3v) is 3.06. The monoisotopic (exact) mass is 269 g/mol. The smallest absolute Gasteiger partial charge is 0.234 e. The van der Waals surface area contributed by atoms with Gasteiger partial charge in [0.25, 0.3) is 0 Å². The number of hydrogen-bond donors (Lipinski definition) is 2. The lowest BCUT2D eigenvalue weighted by molar-refractivity contribution is -0.122. The van der Waals surface area contributed by atoms with E-state index in [0.29, 0.717) is 6.54 Å². The SMILES string of the molecule is O=C(CN1CCNCC1)NCc1cc(F)ccc1F. The zero-order chi connectivity index (χ0) is 13.7. The van der Waals surface area contributed by atoms with Gasteiger partial charge in [-0.3, -0.25) is 9.69 Å². The number of carbonyl (C=O) groups excluding carboxylic acids is 1. The number of piperazine rings is 1. The average Bonchev–Trinajstić information content (AvgIpc) is 2.41. The van der Waals surface area contributed by atoms with Crippen LogP contribution in [-0.2, 0) is 11.3 Å². The molecule has 1 aliphatic rings. The number of nitrogens with one attached hydrogen (secondary N) is 2. The highest BCUT2D eigenvalue weighted by Gasteiger charge is 2.13. The second kappa shape index (κ2) is 6.58. The van der Waals surface area contributed by atoms with Gasteiger partial charge in [0, 0.05) is 38.3 Å². The maximum Gasteiger partial charge on any atom is 0.234 e. The summed E-state index contributed by atoms with van der Waals surface area (Å²) in [5.74, 6) is -1.19. The van der Waals surface area contributed by atoms with Crippen LogP contribution in [0.1, 0.15) is 5.56 Å². The largest absolute Gasteiger partial charge is 0.351 e. The van der Waals surface area contributed by atoms with Crippen molar-refractivity contribution in [3.8, 4) is 0 Å². The van der Waals surface area contributed by atoms with Crippen molar-refractivity contribution in [2.75, 3.05) is 32.7 Å². The van der Waals surface area contributed by atoms with Crippen LogP contribution < -0.4 is 10.6 Å². The van der Waals surface area contributed by atoms with Gasteiger partial charge in [0.2, 0.25) is 5.91 Å². The molecule has 0 aromatic heterocycles. The Morgan fingerprint density at radius 3 is 2.79 bits per heavy atom. The van der Waals surface area contributed by atoms with E-state index in [1.165, 1.54) is 0 Å². The molecule has 0 spiro atoms. The van der Waals surface area contributed by atoms with Crippen LogP contribution in [0.2, 0.25) is 0 Å². The molecule has 0 atom stereocenters. The third kappa shape index (κ3) is 4.25. The Balaban J connectivity index is 1.81. The van der Waals surface area contributed by atoms with Crippen molar-refractivity contribution in [1.82, 2.24) is 15.5 Å². The number of amides is 1. The molecule has 1 aliphatic heterocycles. The molecule has 1 amide bonds. The molecule has 104 valence electrons. The van der Waals surface area contributed by atoms with Crippen LogP contribution in [0.3, 0.4) is 0 Å². The molecular weight excluding hydrogens is 252 g/mol. The van der Waals surface area contributed by atoms with Crippen molar-refractivity contribution in [1.29, 1.82) is 0 Å². The Kier molecular flexibility index (Phi) is 4.81. The van der Waals surface area contributed by atoms with Gasteiger partial charge in [-0.15, -0.1) is 0 Å². The van der Waals surface area contributed by atoms with Gasteiger partial charge in [0.05, 0.1) is 6.54 Å². The first-order valence-corrected chi connectivity index (χ1v) is 6.29. The van der Waals surface area contributed by atoms with Crippen LogP contribution >= 0.6 is 0 Å². The zero-order valence-electron chi connectivity index (χ0n) is 10.6. The van der Waals surface area contributed by atoms with Gasteiger partial charge in [0.1, 0.15) is 11.6 Å². The predicted octanol–water partition coefficient (Wildman–Crippen LogP) is 0.486. The van der Waals surface area contributed by atoms with E-state index in [1.807, 2.05) is 4.90 Å². The van der Waals surface area contributed by atoms with Gasteiger partial charge in [-0.25, -0.2) is 8.78 Å². The van der Waals surface area contributed by atoms with E-state index in [0.717, 1.165) is 44.4 Å². The lowest BCUT2D eigenvalue weighted by Crippen LogP contribution is -2.47. The molecule has 0 bridgehead atoms. The quantitative estimate of drug-likeness (QED) is 0.836. The van der Waals surface area contributed by atoms with Gasteiger partial charge >= 0.3 is 0 Å². The number of rotatable bonds is 4. The van der Waals surface area contributed by atoms with Crippen LogP contribution in [0, 0.1) is 11.6 Å². The zero-order valence-corrected chi connectivity index (χ0v) is 10.6. The highest BCUT2D eigenvalue weighted by Crippen LogP contribution is 2.09. The lowest BCUT2D eigenvalue weighted by Gasteiger charge is -2.26. The van der Waals surface area contributed by atoms with Crippen molar-refractivity contribution in [3.63, 3.8) is 0 Å². The van der Waals surface area contributed by atoms with Gasteiger partial charge < -0.3 is 10.6 Å². The van der Waals surface area contributed by atoms with Crippen molar-refractivity contribution >= 4 is 5.91 Å². The third-order valence-electron chi connectivity index (χ3n) is 3.06. The van der Waals surface area contributed by atoms with E-state index in [-0.39, 0.29) is 18.0 Å². The summed E-state index contributed by atoms with van der Waals surface area (Å²) in [6.45, 7) is 3.67. The van der Waals surface area contributed by atoms with Crippen molar-refractivity contribution in [2.24, 2.45) is 0 Å². The summed E-state index contributed by atoms with van der Waals surface area (Å²) >= 11 is 0. The molecule has 0 aliphatic carbocycles. The summed E-state index contributed by atoms with van der Waals surface area (Å²) in [6, 6.07) is 3.22. The summed E-state index contributed by atoms with van der Waals surface area (Å²) in [5, 5.41) is 5.80. The average molecular weight is 269 g/mol. The topological polar surface area (TPSA) is 44.4 Å². The summed E-state index contributed by atoms with van der Waals surface area (Å²) in [7, 11) is 0. The molecule has 0 unspecified atom stereocenters. The minimum atomic E-state index is -0.510. The Hall–Kier alpha value is -1.53. The Morgan fingerprint density at radius 1 is 1.32 bits per heavy atom. The lowest BCUT2D eigenvalue weighted by atomic mass is 10.2. The highest BCUT2D eigenvalue weighted by atomic mass is 19.1. The van der Waals surface area contributed by atoms with Gasteiger partial charge in [0.15, 0.2) is 0 Å². The van der Waals surface area contributed by atoms with Crippen LogP contribution in [0.5, 0.6) is 0 Å². The normalized spacial score (nSPS) is 16.3. The van der Waals surface area contributed by atoms with Crippen molar-refractivity contribution in [3.05, 3.63) is 35.4 Å². The molecule has 4 nitrogen and oxygen atoms in total. The molecule has 0 saturated carbocycles. The van der Waals surface area contributed by atoms with Crippen LogP contribution in [-0.4, -0.2) is 43.5 Å². The Morgan fingerprint density at radius 2 is 2.05 bits per heavy atom. The number of hydrogen-bond acceptors (Lipinski definition) is 3. The minimum absolute atomic E-state index is 0.00845. The van der Waals surface area contributed by atoms with E-state index in [1.54, 1.807) is 0 Å². The van der Waals surface area contributed by atoms with Crippen molar-refractivity contribution in [2.45, 2.75) is 6.54 Å². The molecule has 1 heterocycles. The molecule has 1 aromatic rings. The molecule has 2 rings (SSSR count). The van der Waals surface area contributed by atoms with Gasteiger partial charge in [-0.2, -0.15) is 0 Å². The second-order valence-electron chi connectivity index (χ2n) is 4.54. The van der Waals surface area contributed by atoms with Gasteiger partial charge in [-0.05, 0) is 18.2 Å². The number of halogens is 2. The molecule has 0 radical (unpaired) electrons. The van der Waals surface area contributed by atoms with E-state index in [9.17, 15) is 13.6 Å². The molecule has 2 N–H and O–H groups in total. The second-order valence-corrected chi connectivity index (χ2v) is 4.54. The fourth-order valence-corrected chi connectivity index (χ4v) is 2.00. The van der Waals surface area contributed by atoms with Crippen LogP contribution in [0.4, 0.5) is 8.78 Å². The summed E-state index contributed by atoms with van der Waals surface area (Å²) in [4.78, 5) is 13.7. The van der Waals surface area contributed by atoms with E-state index in [4.69, 9.17) is 0 Å². The first kappa shape index (κ1) is 13.9. The van der Waals surface area contributed by atoms with Crippen molar-refractivity contribution < 1.29 is 13.6 Å². The first-order valence-electron chi connectivity index (χ1n) is 6.29. The molecular formula is C13H17F2N3O. The van der Waals surface area contributed by atoms with Crippen LogP contribution in [0.25, 0.3) is 0 Å². The molecule has 6 heteroatoms. The summed E-state index contributed by atoms with van der Waals surface area (Å²) in [5.41, 5.74) is 0.161. The number of benzene rings is 1. The van der Waals surface area contributed by atoms with E-state index in [2.05, 4.69) is 10.6 Å². The Bertz CT molecular complexity index is 448. The Labute approximate surface area is 110 Å². The van der Waals surface area contributed by atoms with E-state index >= 15 is 0 Å². The predicted molar refractivity (Wildman–Crippen MR) is 67.5 cm³/mol. The first-order chi connectivity index (χ1) is 9.15. The molecule has 1 saturated heterocycles. The molecule has 1 aromatic carbocycles.